The zero-order chi connectivity index (χ0) is 27.8. The summed E-state index contributed by atoms with van der Waals surface area (Å²) < 4.78 is 11.5. The molecule has 1 atom stereocenters. The average Bonchev–Trinajstić information content (AvgIpc) is 3.37. The van der Waals surface area contributed by atoms with Crippen LogP contribution in [0.4, 0.5) is 0 Å². The van der Waals surface area contributed by atoms with E-state index in [-0.39, 0.29) is 13.2 Å². The first-order valence-corrected chi connectivity index (χ1v) is 13.1. The van der Waals surface area contributed by atoms with E-state index in [1.807, 2.05) is 32.0 Å². The van der Waals surface area contributed by atoms with Crippen LogP contribution in [0.1, 0.15) is 43.0 Å². The summed E-state index contributed by atoms with van der Waals surface area (Å²) in [5, 5.41) is 25.5. The van der Waals surface area contributed by atoms with Gasteiger partial charge in [-0.15, -0.1) is 0 Å². The van der Waals surface area contributed by atoms with Crippen LogP contribution in [0.15, 0.2) is 34.9 Å². The van der Waals surface area contributed by atoms with Crippen molar-refractivity contribution in [3.05, 3.63) is 52.6 Å². The number of nitrogens with one attached hydrogen (secondary N) is 1. The summed E-state index contributed by atoms with van der Waals surface area (Å²) in [6.45, 7) is 11.8. The van der Waals surface area contributed by atoms with Gasteiger partial charge in [0.05, 0.1) is 0 Å². The van der Waals surface area contributed by atoms with Crippen LogP contribution in [0.25, 0.3) is 22.8 Å². The molecule has 38 heavy (non-hydrogen) atoms. The lowest BCUT2D eigenvalue weighted by atomic mass is 10.0. The fourth-order valence-corrected chi connectivity index (χ4v) is 4.41. The Bertz CT molecular complexity index is 1220. The summed E-state index contributed by atoms with van der Waals surface area (Å²) in [4.78, 5) is 18.2. The van der Waals surface area contributed by atoms with E-state index >= 15 is 0 Å². The highest BCUT2D eigenvalue weighted by atomic mass is 16.5. The molecule has 0 aliphatic rings. The normalized spacial score (nSPS) is 12.3. The third-order valence-corrected chi connectivity index (χ3v) is 6.22. The number of aliphatic hydroxyl groups is 2. The Morgan fingerprint density at radius 1 is 1.13 bits per heavy atom. The van der Waals surface area contributed by atoms with Crippen molar-refractivity contribution in [3.8, 4) is 28.6 Å². The molecule has 9 nitrogen and oxygen atoms in total. The van der Waals surface area contributed by atoms with Crippen molar-refractivity contribution in [1.29, 1.82) is 0 Å². The first-order chi connectivity index (χ1) is 18.1. The van der Waals surface area contributed by atoms with Crippen molar-refractivity contribution < 1.29 is 24.3 Å². The Morgan fingerprint density at radius 2 is 1.87 bits per heavy atom. The van der Waals surface area contributed by atoms with E-state index < -0.39 is 18.6 Å². The van der Waals surface area contributed by atoms with Crippen molar-refractivity contribution in [2.75, 3.05) is 33.4 Å². The predicted molar refractivity (Wildman–Crippen MR) is 147 cm³/mol. The highest BCUT2D eigenvalue weighted by molar-refractivity contribution is 5.76. The van der Waals surface area contributed by atoms with Crippen LogP contribution in [0.5, 0.6) is 5.75 Å². The number of carbonyl (C=O) groups is 1. The second-order valence-electron chi connectivity index (χ2n) is 10.2. The van der Waals surface area contributed by atoms with Crippen molar-refractivity contribution in [2.24, 2.45) is 5.92 Å². The van der Waals surface area contributed by atoms with E-state index in [1.54, 1.807) is 0 Å². The molecule has 3 N–H and O–H groups in total. The Labute approximate surface area is 224 Å². The van der Waals surface area contributed by atoms with Gasteiger partial charge in [0.1, 0.15) is 25.1 Å². The number of carbonyl (C=O) groups excluding carboxylic acids is 1. The van der Waals surface area contributed by atoms with E-state index in [1.165, 1.54) is 11.1 Å². The number of aliphatic hydroxyl groups excluding tert-OH is 2. The monoisotopic (exact) mass is 524 g/mol. The predicted octanol–water partition coefficient (Wildman–Crippen LogP) is 3.52. The number of amides is 1. The molecule has 3 rings (SSSR count). The van der Waals surface area contributed by atoms with Crippen LogP contribution in [0, 0.1) is 19.8 Å². The second-order valence-corrected chi connectivity index (χ2v) is 10.2. The molecular weight excluding hydrogens is 484 g/mol. The fraction of sp³-hybridized carbons (Fsp3) is 0.483. The molecule has 0 fully saturated rings. The number of ether oxygens (including phenoxy) is 1. The number of rotatable bonds is 13. The topological polar surface area (TPSA) is 121 Å². The molecule has 0 radical (unpaired) electrons. The molecule has 0 aliphatic heterocycles. The van der Waals surface area contributed by atoms with Gasteiger partial charge in [0.2, 0.25) is 11.7 Å². The molecule has 206 valence electrons. The Kier molecular flexibility index (Phi) is 10.4. The van der Waals surface area contributed by atoms with Crippen molar-refractivity contribution >= 4 is 5.91 Å². The molecule has 2 aromatic carbocycles. The van der Waals surface area contributed by atoms with Crippen molar-refractivity contribution in [2.45, 2.75) is 53.7 Å². The van der Waals surface area contributed by atoms with Gasteiger partial charge in [-0.3, -0.25) is 4.79 Å². The zero-order valence-corrected chi connectivity index (χ0v) is 23.2. The highest BCUT2D eigenvalue weighted by Crippen LogP contribution is 2.31. The standard InChI is InChI=1S/C29H40N4O5/c1-7-21-12-24(11-20(5)27(21)37-17-25(35)13-30-26(36)16-34)28-31-29(38-32-28)22-8-9-23(19(4)10-22)15-33(6)14-18(2)3/h8-12,18,25,34-35H,7,13-17H2,1-6H3,(H,30,36). The number of aromatic nitrogens is 2. The highest BCUT2D eigenvalue weighted by Gasteiger charge is 2.17. The minimum absolute atomic E-state index is 0.00127. The van der Waals surface area contributed by atoms with Crippen molar-refractivity contribution in [1.82, 2.24) is 20.4 Å². The third-order valence-electron chi connectivity index (χ3n) is 6.22. The smallest absolute Gasteiger partial charge is 0.258 e. The lowest BCUT2D eigenvalue weighted by Gasteiger charge is -2.20. The maximum atomic E-state index is 11.2. The zero-order valence-electron chi connectivity index (χ0n) is 23.2. The van der Waals surface area contributed by atoms with Crippen LogP contribution in [0.3, 0.4) is 0 Å². The first kappa shape index (κ1) is 29.3. The second kappa shape index (κ2) is 13.5. The number of hydrogen-bond acceptors (Lipinski definition) is 8. The van der Waals surface area contributed by atoms with Gasteiger partial charge in [0.25, 0.3) is 5.89 Å². The summed E-state index contributed by atoms with van der Waals surface area (Å²) >= 11 is 0. The maximum absolute atomic E-state index is 11.2. The first-order valence-electron chi connectivity index (χ1n) is 13.1. The minimum Gasteiger partial charge on any atom is -0.490 e. The molecule has 1 aromatic heterocycles. The molecule has 1 heterocycles. The van der Waals surface area contributed by atoms with Crippen LogP contribution in [0.2, 0.25) is 0 Å². The molecule has 0 aliphatic carbocycles. The molecule has 1 amide bonds. The lowest BCUT2D eigenvalue weighted by Crippen LogP contribution is -2.36. The largest absolute Gasteiger partial charge is 0.490 e. The Balaban J connectivity index is 1.73. The SMILES string of the molecule is CCc1cc(-c2noc(-c3ccc(CN(C)CC(C)C)c(C)c3)n2)cc(C)c1OCC(O)CNC(=O)CO. The van der Waals surface area contributed by atoms with E-state index in [2.05, 4.69) is 60.3 Å². The van der Waals surface area contributed by atoms with Gasteiger partial charge in [0, 0.05) is 30.8 Å². The van der Waals surface area contributed by atoms with Gasteiger partial charge < -0.3 is 29.7 Å². The van der Waals surface area contributed by atoms with Crippen LogP contribution in [-0.2, 0) is 17.8 Å². The van der Waals surface area contributed by atoms with E-state index in [9.17, 15) is 9.90 Å². The van der Waals surface area contributed by atoms with Crippen LogP contribution in [-0.4, -0.2) is 70.6 Å². The lowest BCUT2D eigenvalue weighted by molar-refractivity contribution is -0.124. The van der Waals surface area contributed by atoms with Crippen molar-refractivity contribution in [3.63, 3.8) is 0 Å². The number of hydrogen-bond donors (Lipinski definition) is 3. The van der Waals surface area contributed by atoms with E-state index in [0.717, 1.165) is 35.3 Å². The summed E-state index contributed by atoms with van der Waals surface area (Å²) in [6.07, 6.45) is -0.197. The third kappa shape index (κ3) is 7.86. The summed E-state index contributed by atoms with van der Waals surface area (Å²) in [7, 11) is 2.14. The number of nitrogens with zero attached hydrogens (tertiary/aromatic N) is 3. The molecule has 0 saturated carbocycles. The van der Waals surface area contributed by atoms with Crippen LogP contribution >= 0.6 is 0 Å². The fourth-order valence-electron chi connectivity index (χ4n) is 4.41. The molecule has 0 bridgehead atoms. The van der Waals surface area contributed by atoms with E-state index in [4.69, 9.17) is 14.4 Å². The quantitative estimate of drug-likeness (QED) is 0.311. The van der Waals surface area contributed by atoms with Gasteiger partial charge in [-0.25, -0.2) is 0 Å². The summed E-state index contributed by atoms with van der Waals surface area (Å²) in [5.74, 6) is 1.72. The van der Waals surface area contributed by atoms with Gasteiger partial charge in [-0.05, 0) is 79.8 Å². The molecule has 1 unspecified atom stereocenters. The minimum atomic E-state index is -0.903. The van der Waals surface area contributed by atoms with Gasteiger partial charge in [-0.1, -0.05) is 32.0 Å². The van der Waals surface area contributed by atoms with Gasteiger partial charge in [-0.2, -0.15) is 4.98 Å². The van der Waals surface area contributed by atoms with E-state index in [0.29, 0.717) is 29.8 Å². The molecule has 0 spiro atoms. The molecule has 3 aromatic rings. The van der Waals surface area contributed by atoms with Gasteiger partial charge >= 0.3 is 0 Å². The van der Waals surface area contributed by atoms with Gasteiger partial charge in [0.15, 0.2) is 0 Å². The molecule has 9 heteroatoms. The van der Waals surface area contributed by atoms with Crippen LogP contribution < -0.4 is 10.1 Å². The molecule has 0 saturated heterocycles. The summed E-state index contributed by atoms with van der Waals surface area (Å²) in [5.41, 5.74) is 5.98. The number of aryl methyl sites for hydroxylation is 3. The Hall–Kier alpha value is -3.27. The summed E-state index contributed by atoms with van der Waals surface area (Å²) in [6, 6.07) is 10.1. The number of benzene rings is 2. The molecular formula is C29H40N4O5. The maximum Gasteiger partial charge on any atom is 0.258 e. The Morgan fingerprint density at radius 3 is 2.53 bits per heavy atom. The average molecular weight is 525 g/mol.